The van der Waals surface area contributed by atoms with E-state index in [0.29, 0.717) is 12.2 Å². The maximum absolute atomic E-state index is 11.1. The second-order valence-electron chi connectivity index (χ2n) is 4.55. The molecule has 0 saturated carbocycles. The summed E-state index contributed by atoms with van der Waals surface area (Å²) in [7, 11) is 0. The third-order valence-electron chi connectivity index (χ3n) is 2.95. The van der Waals surface area contributed by atoms with Crippen LogP contribution in [0.3, 0.4) is 0 Å². The molecule has 6 heteroatoms. The Bertz CT molecular complexity index is 601. The number of carbonyl (C=O) groups is 1. The first kappa shape index (κ1) is 13.9. The smallest absolute Gasteiger partial charge is 0.352 e. The summed E-state index contributed by atoms with van der Waals surface area (Å²) in [5, 5.41) is 13.5. The number of hydrogen-bond acceptors (Lipinski definition) is 2. The Hall–Kier alpha value is -1.56. The summed E-state index contributed by atoms with van der Waals surface area (Å²) < 4.78 is 4.49. The number of hydrogen-bond donors (Lipinski definition) is 1. The summed E-state index contributed by atoms with van der Waals surface area (Å²) in [6.45, 7) is 5.43. The van der Waals surface area contributed by atoms with Gasteiger partial charge in [-0.15, -0.1) is 0 Å². The normalized spacial score (nSPS) is 10.9. The van der Waals surface area contributed by atoms with Gasteiger partial charge in [-0.05, 0) is 48.3 Å². The van der Waals surface area contributed by atoms with Crippen LogP contribution in [0.5, 0.6) is 0 Å². The molecule has 0 aliphatic heterocycles. The minimum Gasteiger partial charge on any atom is -0.477 e. The average Bonchev–Trinajstić information content (AvgIpc) is 2.83. The van der Waals surface area contributed by atoms with Crippen LogP contribution < -0.4 is 0 Å². The highest BCUT2D eigenvalue weighted by atomic mass is 79.9. The highest BCUT2D eigenvalue weighted by Crippen LogP contribution is 2.15. The van der Waals surface area contributed by atoms with E-state index in [-0.39, 0.29) is 0 Å². The van der Waals surface area contributed by atoms with Gasteiger partial charge < -0.3 is 9.67 Å². The van der Waals surface area contributed by atoms with Crippen LogP contribution in [0, 0.1) is 13.8 Å². The number of carboxylic acid groups (broad SMARTS) is 1. The third kappa shape index (κ3) is 3.26. The van der Waals surface area contributed by atoms with Crippen LogP contribution in [0.1, 0.15) is 28.3 Å². The molecule has 2 aromatic heterocycles. The lowest BCUT2D eigenvalue weighted by Crippen LogP contribution is -2.10. The quantitative estimate of drug-likeness (QED) is 0.919. The first-order valence-electron chi connectivity index (χ1n) is 6.07. The van der Waals surface area contributed by atoms with Crippen molar-refractivity contribution in [3.63, 3.8) is 0 Å². The van der Waals surface area contributed by atoms with Crippen LogP contribution in [-0.2, 0) is 13.1 Å². The van der Waals surface area contributed by atoms with Crippen molar-refractivity contribution in [3.05, 3.63) is 39.9 Å². The molecule has 2 rings (SSSR count). The lowest BCUT2D eigenvalue weighted by Gasteiger charge is -2.07. The Kier molecular flexibility index (Phi) is 4.09. The topological polar surface area (TPSA) is 60.0 Å². The van der Waals surface area contributed by atoms with E-state index in [4.69, 9.17) is 5.11 Å². The molecule has 102 valence electrons. The van der Waals surface area contributed by atoms with Crippen LogP contribution in [0.25, 0.3) is 0 Å². The molecule has 0 saturated heterocycles. The molecule has 0 spiro atoms. The molecule has 0 atom stereocenters. The molecule has 19 heavy (non-hydrogen) atoms. The van der Waals surface area contributed by atoms with Crippen molar-refractivity contribution in [2.75, 3.05) is 0 Å². The van der Waals surface area contributed by atoms with Crippen molar-refractivity contribution >= 4 is 21.9 Å². The van der Waals surface area contributed by atoms with Crippen molar-refractivity contribution in [1.82, 2.24) is 14.3 Å². The fourth-order valence-corrected chi connectivity index (χ4v) is 2.59. The van der Waals surface area contributed by atoms with E-state index in [1.807, 2.05) is 24.6 Å². The fourth-order valence-electron chi connectivity index (χ4n) is 2.13. The molecule has 0 radical (unpaired) electrons. The first-order valence-corrected chi connectivity index (χ1v) is 6.86. The number of nitrogens with zero attached hydrogens (tertiary/aromatic N) is 3. The van der Waals surface area contributed by atoms with E-state index in [0.717, 1.165) is 28.8 Å². The van der Waals surface area contributed by atoms with Crippen LogP contribution in [-0.4, -0.2) is 25.4 Å². The number of carboxylic acids is 1. The maximum Gasteiger partial charge on any atom is 0.352 e. The highest BCUT2D eigenvalue weighted by molar-refractivity contribution is 9.10. The Morgan fingerprint density at radius 2 is 2.11 bits per heavy atom. The summed E-state index contributed by atoms with van der Waals surface area (Å²) in [6.07, 6.45) is 2.63. The predicted octanol–water partition coefficient (Wildman–Crippen LogP) is 2.85. The SMILES string of the molecule is Cc1cc(C)n(CCCn2cc(Br)cc2C(=O)O)n1. The van der Waals surface area contributed by atoms with E-state index < -0.39 is 5.97 Å². The molecular formula is C13H16BrN3O2. The summed E-state index contributed by atoms with van der Waals surface area (Å²) in [6, 6.07) is 3.65. The zero-order valence-electron chi connectivity index (χ0n) is 10.9. The molecule has 1 N–H and O–H groups in total. The van der Waals surface area contributed by atoms with Crippen molar-refractivity contribution < 1.29 is 9.90 Å². The molecule has 0 aliphatic rings. The lowest BCUT2D eigenvalue weighted by atomic mass is 10.3. The minimum atomic E-state index is -0.906. The molecule has 2 aromatic rings. The van der Waals surface area contributed by atoms with Gasteiger partial charge in [0.25, 0.3) is 0 Å². The van der Waals surface area contributed by atoms with E-state index in [2.05, 4.69) is 21.0 Å². The van der Waals surface area contributed by atoms with Crippen molar-refractivity contribution in [2.45, 2.75) is 33.4 Å². The molecule has 5 nitrogen and oxygen atoms in total. The molecule has 0 amide bonds. The zero-order chi connectivity index (χ0) is 14.0. The van der Waals surface area contributed by atoms with Gasteiger partial charge in [0.05, 0.1) is 5.69 Å². The lowest BCUT2D eigenvalue weighted by molar-refractivity contribution is 0.0685. The number of aromatic nitrogens is 3. The molecule has 0 aromatic carbocycles. The summed E-state index contributed by atoms with van der Waals surface area (Å²) in [4.78, 5) is 11.1. The highest BCUT2D eigenvalue weighted by Gasteiger charge is 2.11. The average molecular weight is 326 g/mol. The number of aromatic carboxylic acids is 1. The van der Waals surface area contributed by atoms with Crippen LogP contribution in [0.4, 0.5) is 0 Å². The first-order chi connectivity index (χ1) is 8.97. The summed E-state index contributed by atoms with van der Waals surface area (Å²) in [5.41, 5.74) is 2.44. The van der Waals surface area contributed by atoms with Gasteiger partial charge in [0, 0.05) is 29.5 Å². The zero-order valence-corrected chi connectivity index (χ0v) is 12.5. The van der Waals surface area contributed by atoms with E-state index in [1.165, 1.54) is 0 Å². The van der Waals surface area contributed by atoms with E-state index in [9.17, 15) is 4.79 Å². The van der Waals surface area contributed by atoms with Crippen LogP contribution >= 0.6 is 15.9 Å². The third-order valence-corrected chi connectivity index (χ3v) is 3.39. The van der Waals surface area contributed by atoms with Gasteiger partial charge in [-0.2, -0.15) is 5.10 Å². The molecule has 0 unspecified atom stereocenters. The fraction of sp³-hybridized carbons (Fsp3) is 0.385. The van der Waals surface area contributed by atoms with Crippen molar-refractivity contribution in [3.8, 4) is 0 Å². The van der Waals surface area contributed by atoms with Crippen molar-refractivity contribution in [1.29, 1.82) is 0 Å². The minimum absolute atomic E-state index is 0.306. The summed E-state index contributed by atoms with van der Waals surface area (Å²) >= 11 is 3.30. The largest absolute Gasteiger partial charge is 0.477 e. The Balaban J connectivity index is 1.99. The van der Waals surface area contributed by atoms with Crippen LogP contribution in [0.2, 0.25) is 0 Å². The van der Waals surface area contributed by atoms with Gasteiger partial charge in [0.1, 0.15) is 5.69 Å². The van der Waals surface area contributed by atoms with Gasteiger partial charge in [0.15, 0.2) is 0 Å². The van der Waals surface area contributed by atoms with Crippen LogP contribution in [0.15, 0.2) is 22.8 Å². The molecular weight excluding hydrogens is 310 g/mol. The van der Waals surface area contributed by atoms with E-state index in [1.54, 1.807) is 16.8 Å². The molecule has 0 bridgehead atoms. The van der Waals surface area contributed by atoms with E-state index >= 15 is 0 Å². The molecule has 0 fully saturated rings. The Morgan fingerprint density at radius 1 is 1.37 bits per heavy atom. The van der Waals surface area contributed by atoms with Crippen molar-refractivity contribution in [2.24, 2.45) is 0 Å². The van der Waals surface area contributed by atoms with Gasteiger partial charge in [-0.25, -0.2) is 4.79 Å². The number of rotatable bonds is 5. The number of halogens is 1. The van der Waals surface area contributed by atoms with Gasteiger partial charge >= 0.3 is 5.97 Å². The van der Waals surface area contributed by atoms with Gasteiger partial charge in [-0.1, -0.05) is 0 Å². The van der Waals surface area contributed by atoms with Gasteiger partial charge in [0.2, 0.25) is 0 Å². The predicted molar refractivity (Wildman–Crippen MR) is 75.4 cm³/mol. The Morgan fingerprint density at radius 3 is 2.68 bits per heavy atom. The summed E-state index contributed by atoms with van der Waals surface area (Å²) in [5.74, 6) is -0.906. The number of aryl methyl sites for hydroxylation is 4. The molecule has 0 aliphatic carbocycles. The maximum atomic E-state index is 11.1. The molecule has 2 heterocycles. The second-order valence-corrected chi connectivity index (χ2v) is 5.46. The van der Waals surface area contributed by atoms with Gasteiger partial charge in [-0.3, -0.25) is 4.68 Å². The standard InChI is InChI=1S/C13H16BrN3O2/c1-9-6-10(2)17(15-9)5-3-4-16-8-11(14)7-12(16)13(18)19/h6-8H,3-5H2,1-2H3,(H,18,19). The Labute approximate surface area is 120 Å². The monoisotopic (exact) mass is 325 g/mol. The second kappa shape index (κ2) is 5.61.